The van der Waals surface area contributed by atoms with Crippen LogP contribution in [0.5, 0.6) is 5.75 Å². The molecule has 0 saturated heterocycles. The van der Waals surface area contributed by atoms with E-state index in [1.807, 2.05) is 36.5 Å². The van der Waals surface area contributed by atoms with Gasteiger partial charge in [-0.25, -0.2) is 12.7 Å². The van der Waals surface area contributed by atoms with Crippen molar-refractivity contribution in [2.75, 3.05) is 26.8 Å². The van der Waals surface area contributed by atoms with E-state index in [0.29, 0.717) is 25.5 Å². The standard InChI is InChI=1S/C39H51ClN2O9S/c1-42(20-6-2-3-7-28(45)21-27(24-43)37(47)38(48)35(46)25-44)52(49,50)30-12-13-34(40)26(22-30)14-16-39(17-18-39)33-23-41-19-15-31(33)32-8-4-5-9-36(32)51-29-10-11-29/h4-5,8-9,12-13,15,19,22-23,27,29,35,37-38,43-44,46-48H,2-3,6-7,10-11,14,16-18,20-21,24-25H2,1H3/t27-,35+,37+,38+/m0/s1/i2D2,3D2,6D2,20D2. The summed E-state index contributed by atoms with van der Waals surface area (Å²) in [5, 5.41) is 48.9. The second-order valence-corrected chi connectivity index (χ2v) is 15.7. The van der Waals surface area contributed by atoms with Crippen LogP contribution in [0.2, 0.25) is 5.02 Å². The Hall–Kier alpha value is -2.94. The summed E-state index contributed by atoms with van der Waals surface area (Å²) < 4.78 is 102. The van der Waals surface area contributed by atoms with E-state index in [2.05, 4.69) is 4.98 Å². The third-order valence-electron chi connectivity index (χ3n) is 9.58. The number of hydrogen-bond donors (Lipinski definition) is 5. The molecular weight excluding hydrogens is 708 g/mol. The van der Waals surface area contributed by atoms with Gasteiger partial charge in [-0.1, -0.05) is 36.2 Å². The zero-order valence-electron chi connectivity index (χ0n) is 36.8. The smallest absolute Gasteiger partial charge is 0.242 e. The Balaban J connectivity index is 1.33. The number of pyridine rings is 1. The highest BCUT2D eigenvalue weighted by Crippen LogP contribution is 2.55. The van der Waals surface area contributed by atoms with Gasteiger partial charge in [0.25, 0.3) is 0 Å². The number of nitrogens with zero attached hydrogens (tertiary/aromatic N) is 2. The quantitative estimate of drug-likeness (QED) is 0.0983. The molecule has 2 aliphatic rings. The number of carbonyl (C=O) groups excluding carboxylic acids is 1. The van der Waals surface area contributed by atoms with Crippen molar-refractivity contribution in [3.05, 3.63) is 77.1 Å². The molecule has 3 aromatic rings. The SMILES string of the molecule is [2H]C([2H])(CC(=O)C[C@@H](CO)[C@@H](O)[C@H](O)[C@H](O)CO)C([2H])([2H])C([2H])([2H])C([2H])([2H])N(C)S(=O)(=O)c1ccc(Cl)c(CCC2(c3cnccc3-c3ccccc3OC3CC3)CC2)c1. The monoisotopic (exact) mass is 766 g/mol. The van der Waals surface area contributed by atoms with Crippen LogP contribution in [-0.2, 0) is 26.7 Å². The number of aryl methyl sites for hydroxylation is 1. The molecule has 13 heteroatoms. The number of hydrogen-bond acceptors (Lipinski definition) is 10. The van der Waals surface area contributed by atoms with Crippen LogP contribution in [0.25, 0.3) is 11.1 Å². The fourth-order valence-corrected chi connectivity index (χ4v) is 7.30. The number of carbonyl (C=O) groups is 1. The molecule has 0 aliphatic heterocycles. The molecule has 5 N–H and O–H groups in total. The van der Waals surface area contributed by atoms with Crippen molar-refractivity contribution in [1.29, 1.82) is 0 Å². The molecular formula is C39H51ClN2O9S. The van der Waals surface area contributed by atoms with E-state index >= 15 is 0 Å². The molecule has 0 bridgehead atoms. The topological polar surface area (TPSA) is 178 Å². The summed E-state index contributed by atoms with van der Waals surface area (Å²) >= 11 is 6.58. The van der Waals surface area contributed by atoms with Gasteiger partial charge >= 0.3 is 0 Å². The molecule has 0 radical (unpaired) electrons. The Kier molecular flexibility index (Phi) is 10.5. The molecule has 52 heavy (non-hydrogen) atoms. The normalized spacial score (nSPS) is 21.2. The van der Waals surface area contributed by atoms with Gasteiger partial charge in [0.15, 0.2) is 0 Å². The van der Waals surface area contributed by atoms with Gasteiger partial charge in [-0.2, -0.15) is 0 Å². The summed E-state index contributed by atoms with van der Waals surface area (Å²) in [5.41, 5.74) is 3.00. The zero-order valence-corrected chi connectivity index (χ0v) is 30.4. The lowest BCUT2D eigenvalue weighted by Crippen LogP contribution is -2.45. The lowest BCUT2D eigenvalue weighted by Gasteiger charge is -2.27. The summed E-state index contributed by atoms with van der Waals surface area (Å²) in [7, 11) is -4.29. The number of ether oxygens (including phenoxy) is 1. The van der Waals surface area contributed by atoms with E-state index in [0.717, 1.165) is 54.2 Å². The molecule has 2 fully saturated rings. The molecule has 2 aliphatic carbocycles. The van der Waals surface area contributed by atoms with Crippen molar-refractivity contribution < 1.29 is 54.4 Å². The van der Waals surface area contributed by atoms with E-state index < -0.39 is 96.6 Å². The number of para-hydroxylation sites is 1. The van der Waals surface area contributed by atoms with Gasteiger partial charge in [0.1, 0.15) is 23.7 Å². The lowest BCUT2D eigenvalue weighted by molar-refractivity contribution is -0.127. The number of rotatable bonds is 22. The Morgan fingerprint density at radius 1 is 1.04 bits per heavy atom. The second-order valence-electron chi connectivity index (χ2n) is 13.4. The first-order valence-corrected chi connectivity index (χ1v) is 19.0. The molecule has 1 heterocycles. The third kappa shape index (κ3) is 9.97. The van der Waals surface area contributed by atoms with Gasteiger partial charge in [0.2, 0.25) is 10.0 Å². The highest BCUT2D eigenvalue weighted by atomic mass is 35.5. The predicted octanol–water partition coefficient (Wildman–Crippen LogP) is 4.43. The van der Waals surface area contributed by atoms with Crippen molar-refractivity contribution in [3.63, 3.8) is 0 Å². The summed E-state index contributed by atoms with van der Waals surface area (Å²) in [6, 6.07) is 13.4. The van der Waals surface area contributed by atoms with Crippen molar-refractivity contribution in [3.8, 4) is 16.9 Å². The number of aliphatic hydroxyl groups excluding tert-OH is 5. The van der Waals surface area contributed by atoms with Crippen LogP contribution in [0.1, 0.15) is 86.2 Å². The van der Waals surface area contributed by atoms with E-state index in [4.69, 9.17) is 32.4 Å². The average molecular weight is 767 g/mol. The summed E-state index contributed by atoms with van der Waals surface area (Å²) in [4.78, 5) is 16.9. The molecule has 2 saturated carbocycles. The Morgan fingerprint density at radius 2 is 1.79 bits per heavy atom. The molecule has 284 valence electrons. The van der Waals surface area contributed by atoms with Gasteiger partial charge in [0.05, 0.1) is 23.7 Å². The van der Waals surface area contributed by atoms with Gasteiger partial charge < -0.3 is 30.3 Å². The number of benzene rings is 2. The predicted molar refractivity (Wildman–Crippen MR) is 198 cm³/mol. The molecule has 1 aromatic heterocycles. The van der Waals surface area contributed by atoms with Crippen LogP contribution >= 0.6 is 11.6 Å². The molecule has 2 aromatic carbocycles. The van der Waals surface area contributed by atoms with Crippen LogP contribution in [0.15, 0.2) is 65.8 Å². The van der Waals surface area contributed by atoms with Crippen LogP contribution in [-0.4, -0.2) is 100 Å². The maximum absolute atomic E-state index is 14.0. The van der Waals surface area contributed by atoms with Crippen LogP contribution in [0.4, 0.5) is 0 Å². The first-order chi connectivity index (χ1) is 27.9. The van der Waals surface area contributed by atoms with Gasteiger partial charge in [0, 0.05) is 72.9 Å². The van der Waals surface area contributed by atoms with Crippen LogP contribution < -0.4 is 4.74 Å². The first-order valence-electron chi connectivity index (χ1n) is 21.1. The largest absolute Gasteiger partial charge is 0.490 e. The number of sulfonamides is 1. The van der Waals surface area contributed by atoms with Gasteiger partial charge in [-0.15, -0.1) is 0 Å². The first kappa shape index (κ1) is 30.4. The van der Waals surface area contributed by atoms with E-state index in [-0.39, 0.29) is 20.8 Å². The number of aliphatic hydroxyl groups is 5. The van der Waals surface area contributed by atoms with Crippen molar-refractivity contribution in [1.82, 2.24) is 9.29 Å². The van der Waals surface area contributed by atoms with E-state index in [1.165, 1.54) is 12.1 Å². The number of halogens is 1. The highest BCUT2D eigenvalue weighted by Gasteiger charge is 2.45. The van der Waals surface area contributed by atoms with E-state index in [9.17, 15) is 33.6 Å². The maximum Gasteiger partial charge on any atom is 0.242 e. The minimum atomic E-state index is -4.97. The minimum absolute atomic E-state index is 0.0276. The fraction of sp³-hybridized carbons (Fsp3) is 0.538. The van der Waals surface area contributed by atoms with E-state index in [1.54, 1.807) is 6.20 Å². The molecule has 11 nitrogen and oxygen atoms in total. The zero-order chi connectivity index (χ0) is 44.6. The number of Topliss-reactive ketones (excluding diaryl/α,β-unsaturated/α-hetero) is 1. The average Bonchev–Trinajstić information content (AvgIpc) is 4.16. The third-order valence-corrected chi connectivity index (χ3v) is 11.6. The molecule has 4 atom stereocenters. The Labute approximate surface area is 322 Å². The highest BCUT2D eigenvalue weighted by molar-refractivity contribution is 7.89. The molecule has 0 spiro atoms. The molecule has 0 unspecified atom stereocenters. The van der Waals surface area contributed by atoms with Gasteiger partial charge in [-0.3, -0.25) is 9.78 Å². The summed E-state index contributed by atoms with van der Waals surface area (Å²) in [5.74, 6) is -1.92. The Bertz CT molecular complexity index is 2130. The van der Waals surface area contributed by atoms with Crippen molar-refractivity contribution in [2.45, 2.75) is 105 Å². The van der Waals surface area contributed by atoms with Crippen LogP contribution in [0.3, 0.4) is 0 Å². The van der Waals surface area contributed by atoms with Crippen molar-refractivity contribution >= 4 is 27.4 Å². The Morgan fingerprint density at radius 3 is 2.48 bits per heavy atom. The fourth-order valence-electron chi connectivity index (χ4n) is 6.08. The maximum atomic E-state index is 14.0. The number of aromatic nitrogens is 1. The summed E-state index contributed by atoms with van der Waals surface area (Å²) in [6.45, 7) is -5.73. The van der Waals surface area contributed by atoms with Gasteiger partial charge in [-0.05, 0) is 104 Å². The minimum Gasteiger partial charge on any atom is -0.490 e. The second kappa shape index (κ2) is 17.9. The molecule has 5 rings (SSSR count). The molecule has 0 amide bonds. The summed E-state index contributed by atoms with van der Waals surface area (Å²) in [6.07, 6.45) is -11.3. The van der Waals surface area contributed by atoms with Crippen molar-refractivity contribution in [2.24, 2.45) is 5.92 Å². The number of ketones is 1. The lowest BCUT2D eigenvalue weighted by atomic mass is 9.85. The van der Waals surface area contributed by atoms with Crippen LogP contribution in [0, 0.1) is 5.92 Å².